The number of phenols is 13. The highest BCUT2D eigenvalue weighted by Gasteiger charge is 2.47. The van der Waals surface area contributed by atoms with Crippen LogP contribution < -0.4 is 14.2 Å². The molecule has 0 saturated heterocycles. The second-order valence-electron chi connectivity index (χ2n) is 12.5. The van der Waals surface area contributed by atoms with Gasteiger partial charge in [-0.25, -0.2) is 0 Å². The van der Waals surface area contributed by atoms with Gasteiger partial charge in [0.15, 0.2) is 58.2 Å². The van der Waals surface area contributed by atoms with Gasteiger partial charge in [0.1, 0.15) is 52.5 Å². The molecular formula is C36H30O17. The molecule has 0 amide bonds. The van der Waals surface area contributed by atoms with E-state index in [0.29, 0.717) is 0 Å². The molecule has 2 aliphatic rings. The second-order valence-corrected chi connectivity index (χ2v) is 12.5. The van der Waals surface area contributed by atoms with Crippen LogP contribution in [-0.4, -0.2) is 83.7 Å². The third-order valence-corrected chi connectivity index (χ3v) is 9.17. The first-order chi connectivity index (χ1) is 25.0. The van der Waals surface area contributed by atoms with E-state index in [1.54, 1.807) is 0 Å². The zero-order valence-corrected chi connectivity index (χ0v) is 26.8. The molecular weight excluding hydrogens is 704 g/mol. The minimum Gasteiger partial charge on any atom is -0.508 e. The quantitative estimate of drug-likeness (QED) is 0.115. The number of hydrogen-bond acceptors (Lipinski definition) is 17. The van der Waals surface area contributed by atoms with Gasteiger partial charge in [0.05, 0.1) is 5.92 Å². The van der Waals surface area contributed by atoms with Crippen molar-refractivity contribution in [2.24, 2.45) is 0 Å². The van der Waals surface area contributed by atoms with Crippen LogP contribution in [0.1, 0.15) is 45.9 Å². The molecule has 2 heterocycles. The summed E-state index contributed by atoms with van der Waals surface area (Å²) in [4.78, 5) is 0. The lowest BCUT2D eigenvalue weighted by molar-refractivity contribution is 0.00334. The van der Waals surface area contributed by atoms with E-state index >= 15 is 0 Å². The number of phenolic OH excluding ortho intramolecular Hbond substituents is 13. The van der Waals surface area contributed by atoms with E-state index in [-0.39, 0.29) is 51.5 Å². The fourth-order valence-corrected chi connectivity index (χ4v) is 6.76. The lowest BCUT2D eigenvalue weighted by Crippen LogP contribution is -2.38. The van der Waals surface area contributed by atoms with Crippen molar-refractivity contribution in [2.45, 2.75) is 36.8 Å². The summed E-state index contributed by atoms with van der Waals surface area (Å²) in [7, 11) is 0. The van der Waals surface area contributed by atoms with Gasteiger partial charge in [0, 0.05) is 64.6 Å². The molecule has 14 N–H and O–H groups in total. The van der Waals surface area contributed by atoms with Crippen molar-refractivity contribution in [3.63, 3.8) is 0 Å². The molecule has 0 aliphatic carbocycles. The number of aromatic hydroxyl groups is 13. The second kappa shape index (κ2) is 12.3. The Kier molecular flexibility index (Phi) is 7.95. The van der Waals surface area contributed by atoms with Crippen LogP contribution in [0.4, 0.5) is 0 Å². The Balaban J connectivity index is 1.43. The van der Waals surface area contributed by atoms with Crippen molar-refractivity contribution in [2.75, 3.05) is 0 Å². The average Bonchev–Trinajstić information content (AvgIpc) is 3.08. The zero-order valence-electron chi connectivity index (χ0n) is 26.8. The van der Waals surface area contributed by atoms with Crippen molar-refractivity contribution in [3.05, 3.63) is 82.4 Å². The molecule has 0 aromatic heterocycles. The Morgan fingerprint density at radius 3 is 1.53 bits per heavy atom. The van der Waals surface area contributed by atoms with E-state index in [9.17, 15) is 71.5 Å². The molecule has 0 fully saturated rings. The normalized spacial score (nSPS) is 20.4. The number of ether oxygens (including phenoxy) is 3. The minimum absolute atomic E-state index is 0.0527. The number of rotatable bonds is 5. The molecule has 7 rings (SSSR count). The van der Waals surface area contributed by atoms with Crippen molar-refractivity contribution >= 4 is 0 Å². The van der Waals surface area contributed by atoms with E-state index < -0.39 is 105 Å². The Morgan fingerprint density at radius 1 is 0.491 bits per heavy atom. The minimum atomic E-state index is -1.83. The topological polar surface area (TPSA) is 311 Å². The summed E-state index contributed by atoms with van der Waals surface area (Å²) in [6.45, 7) is 0. The van der Waals surface area contributed by atoms with E-state index in [0.717, 1.165) is 54.6 Å². The number of hydrogen-bond donors (Lipinski definition) is 14. The third kappa shape index (κ3) is 5.64. The highest BCUT2D eigenvalue weighted by atomic mass is 16.5. The maximum absolute atomic E-state index is 12.0. The van der Waals surface area contributed by atoms with Crippen molar-refractivity contribution in [1.82, 2.24) is 0 Å². The van der Waals surface area contributed by atoms with Crippen LogP contribution in [0.3, 0.4) is 0 Å². The first-order valence-corrected chi connectivity index (χ1v) is 15.6. The van der Waals surface area contributed by atoms with Gasteiger partial charge in [-0.1, -0.05) is 0 Å². The summed E-state index contributed by atoms with van der Waals surface area (Å²) in [5, 5.41) is 147. The van der Waals surface area contributed by atoms with Crippen LogP contribution in [0.15, 0.2) is 54.6 Å². The van der Waals surface area contributed by atoms with Crippen molar-refractivity contribution < 1.29 is 85.7 Å². The molecule has 5 atom stereocenters. The molecule has 17 heteroatoms. The Hall–Kier alpha value is -7.14. The van der Waals surface area contributed by atoms with Crippen LogP contribution in [0.25, 0.3) is 0 Å². The van der Waals surface area contributed by atoms with Crippen LogP contribution in [0.5, 0.6) is 92.0 Å². The summed E-state index contributed by atoms with van der Waals surface area (Å²) in [6, 6.07) is 8.85. The molecule has 276 valence electrons. The summed E-state index contributed by atoms with van der Waals surface area (Å²) in [6.07, 6.45) is -6.41. The third-order valence-electron chi connectivity index (χ3n) is 9.17. The number of fused-ring (bicyclic) bond motifs is 2. The van der Waals surface area contributed by atoms with Gasteiger partial charge in [-0.15, -0.1) is 0 Å². The van der Waals surface area contributed by atoms with Gasteiger partial charge in [-0.2, -0.15) is 0 Å². The monoisotopic (exact) mass is 734 g/mol. The van der Waals surface area contributed by atoms with Crippen molar-refractivity contribution in [1.29, 1.82) is 0 Å². The van der Waals surface area contributed by atoms with Gasteiger partial charge < -0.3 is 85.7 Å². The highest BCUT2D eigenvalue weighted by molar-refractivity contribution is 5.66. The van der Waals surface area contributed by atoms with E-state index in [1.807, 2.05) is 0 Å². The lowest BCUT2D eigenvalue weighted by atomic mass is 9.77. The molecule has 5 aromatic rings. The van der Waals surface area contributed by atoms with Crippen LogP contribution in [0, 0.1) is 0 Å². The fourth-order valence-electron chi connectivity index (χ4n) is 6.76. The van der Waals surface area contributed by atoms with Crippen LogP contribution in [0.2, 0.25) is 0 Å². The molecule has 53 heavy (non-hydrogen) atoms. The molecule has 5 aromatic carbocycles. The fraction of sp³-hybridized carbons (Fsp3) is 0.167. The van der Waals surface area contributed by atoms with Crippen molar-refractivity contribution in [3.8, 4) is 92.0 Å². The number of aliphatic hydroxyl groups is 1. The highest BCUT2D eigenvalue weighted by Crippen LogP contribution is 2.58. The van der Waals surface area contributed by atoms with E-state index in [1.165, 1.54) is 0 Å². The predicted octanol–water partition coefficient (Wildman–Crippen LogP) is 3.61. The maximum atomic E-state index is 12.0. The summed E-state index contributed by atoms with van der Waals surface area (Å²) < 4.78 is 18.4. The maximum Gasteiger partial charge on any atom is 0.200 e. The van der Waals surface area contributed by atoms with Crippen LogP contribution in [-0.2, 0) is 6.42 Å². The SMILES string of the molecule is Oc1cc(O)c2c(c1)O[C@H](c1cc(O)c(O)c(O)c1)[C@@H](O)[C@H]2c1c(O)cc(O)c2c1O[C@H](c1cc(O)c(O)c(O)c1)[C@H](Oc1cc(O)c(O)c(O)c1)C2. The van der Waals surface area contributed by atoms with E-state index in [4.69, 9.17) is 14.2 Å². The Morgan fingerprint density at radius 2 is 0.981 bits per heavy atom. The molecule has 0 radical (unpaired) electrons. The standard InChI is InChI=1S/C36H30O17/c37-13-5-17(39)27-25(6-13)52-35(12-3-21(43)31(48)22(44)4-12)33(50)29(27)28-18(40)10-16(38)15-9-26(51-14-7-23(45)32(49)24(46)8-14)34(53-36(15)28)11-1-19(41)30(47)20(42)2-11/h1-8,10,26,29,33-35,37-50H,9H2/t26-,29-,33+,34-,35-/m1/s1. The molecule has 0 bridgehead atoms. The van der Waals surface area contributed by atoms with Gasteiger partial charge in [0.25, 0.3) is 0 Å². The zero-order chi connectivity index (χ0) is 38.2. The number of benzene rings is 5. The molecule has 0 spiro atoms. The molecule has 2 aliphatic heterocycles. The van der Waals surface area contributed by atoms with Gasteiger partial charge in [-0.05, 0) is 24.3 Å². The largest absolute Gasteiger partial charge is 0.508 e. The predicted molar refractivity (Wildman–Crippen MR) is 177 cm³/mol. The van der Waals surface area contributed by atoms with Gasteiger partial charge in [0.2, 0.25) is 5.75 Å². The summed E-state index contributed by atoms with van der Waals surface area (Å²) in [5.74, 6) is -11.9. The first-order valence-electron chi connectivity index (χ1n) is 15.6. The molecule has 0 unspecified atom stereocenters. The van der Waals surface area contributed by atoms with Gasteiger partial charge >= 0.3 is 0 Å². The lowest BCUT2D eigenvalue weighted by Gasteiger charge is -2.41. The molecule has 17 nitrogen and oxygen atoms in total. The Bertz CT molecular complexity index is 2230. The first kappa shape index (κ1) is 34.3. The molecule has 0 saturated carbocycles. The van der Waals surface area contributed by atoms with Gasteiger partial charge in [-0.3, -0.25) is 0 Å². The summed E-state index contributed by atoms with van der Waals surface area (Å²) in [5.41, 5.74) is -0.672. The average molecular weight is 735 g/mol. The smallest absolute Gasteiger partial charge is 0.200 e. The van der Waals surface area contributed by atoms with E-state index in [2.05, 4.69) is 0 Å². The number of aliphatic hydroxyl groups excluding tert-OH is 1. The summed E-state index contributed by atoms with van der Waals surface area (Å²) >= 11 is 0. The Labute approximate surface area is 296 Å². The van der Waals surface area contributed by atoms with Crippen LogP contribution >= 0.6 is 0 Å².